The fourth-order valence-electron chi connectivity index (χ4n) is 0.603. The molecule has 0 fully saturated rings. The fourth-order valence-corrected chi connectivity index (χ4v) is 0.603. The first-order chi connectivity index (χ1) is 5.11. The highest BCUT2D eigenvalue weighted by Gasteiger charge is 1.96. The highest BCUT2D eigenvalue weighted by atomic mass is 16.5. The van der Waals surface area contributed by atoms with Gasteiger partial charge in [0.2, 0.25) is 0 Å². The second-order valence-electron chi connectivity index (χ2n) is 2.53. The second kappa shape index (κ2) is 4.94. The van der Waals surface area contributed by atoms with Gasteiger partial charge in [0.25, 0.3) is 0 Å². The Bertz CT molecular complexity index is 180. The normalized spacial score (nSPS) is 14.5. The number of ether oxygens (including phenoxy) is 1. The van der Waals surface area contributed by atoms with Crippen molar-refractivity contribution in [3.63, 3.8) is 0 Å². The Hall–Kier alpha value is -0.790. The monoisotopic (exact) mass is 155 g/mol. The van der Waals surface area contributed by atoms with Crippen molar-refractivity contribution in [1.82, 2.24) is 0 Å². The lowest BCUT2D eigenvalue weighted by Gasteiger charge is -2.06. The van der Waals surface area contributed by atoms with Crippen molar-refractivity contribution in [3.05, 3.63) is 11.3 Å². The van der Waals surface area contributed by atoms with E-state index >= 15 is 0 Å². The van der Waals surface area contributed by atoms with E-state index in [9.17, 15) is 0 Å². The molecule has 0 unspecified atom stereocenters. The minimum Gasteiger partial charge on any atom is -0.448 e. The van der Waals surface area contributed by atoms with E-state index in [0.29, 0.717) is 0 Å². The van der Waals surface area contributed by atoms with Gasteiger partial charge >= 0.3 is 0 Å². The summed E-state index contributed by atoms with van der Waals surface area (Å²) in [5.74, 6) is 1.69. The lowest BCUT2D eigenvalue weighted by atomic mass is 10.2. The largest absolute Gasteiger partial charge is 0.448 e. The summed E-state index contributed by atoms with van der Waals surface area (Å²) < 4.78 is 5.38. The molecule has 0 aliphatic heterocycles. The van der Waals surface area contributed by atoms with Gasteiger partial charge in [0.15, 0.2) is 5.90 Å². The van der Waals surface area contributed by atoms with Crippen LogP contribution < -0.4 is 0 Å². The van der Waals surface area contributed by atoms with Crippen LogP contribution in [0.4, 0.5) is 0 Å². The average molecular weight is 155 g/mol. The van der Waals surface area contributed by atoms with E-state index in [1.807, 2.05) is 13.8 Å². The van der Waals surface area contributed by atoms with Crippen molar-refractivity contribution in [3.8, 4) is 0 Å². The lowest BCUT2D eigenvalue weighted by molar-refractivity contribution is 0.404. The first-order valence-corrected chi connectivity index (χ1v) is 3.89. The van der Waals surface area contributed by atoms with Crippen molar-refractivity contribution >= 4 is 5.90 Å². The second-order valence-corrected chi connectivity index (χ2v) is 2.53. The van der Waals surface area contributed by atoms with E-state index in [1.54, 1.807) is 7.05 Å². The van der Waals surface area contributed by atoms with Gasteiger partial charge in [0, 0.05) is 14.0 Å². The maximum absolute atomic E-state index is 5.38. The van der Waals surface area contributed by atoms with Gasteiger partial charge in [-0.05, 0) is 25.8 Å². The summed E-state index contributed by atoms with van der Waals surface area (Å²) in [6.45, 7) is 8.00. The minimum atomic E-state index is 0.718. The first-order valence-electron chi connectivity index (χ1n) is 3.89. The predicted molar refractivity (Wildman–Crippen MR) is 48.8 cm³/mol. The summed E-state index contributed by atoms with van der Waals surface area (Å²) in [7, 11) is 1.73. The predicted octanol–water partition coefficient (Wildman–Crippen LogP) is 2.76. The van der Waals surface area contributed by atoms with Crippen LogP contribution in [0.5, 0.6) is 0 Å². The molecule has 0 amide bonds. The van der Waals surface area contributed by atoms with E-state index in [-0.39, 0.29) is 0 Å². The molecule has 0 aromatic carbocycles. The molecular formula is C9H17NO. The standard InChI is InChI=1S/C9H17NO/c1-6-7(2)8(3)11-9(4)10-5/h6H2,1-5H3/b8-7+,10-9-. The molecule has 0 aromatic heterocycles. The molecule has 0 bridgehead atoms. The van der Waals surface area contributed by atoms with Gasteiger partial charge in [-0.25, -0.2) is 0 Å². The topological polar surface area (TPSA) is 21.6 Å². The minimum absolute atomic E-state index is 0.718. The quantitative estimate of drug-likeness (QED) is 0.341. The molecule has 0 atom stereocenters. The van der Waals surface area contributed by atoms with Gasteiger partial charge in [-0.3, -0.25) is 4.99 Å². The molecular weight excluding hydrogens is 138 g/mol. The molecule has 0 aliphatic carbocycles. The molecule has 0 saturated heterocycles. The molecule has 0 N–H and O–H groups in total. The molecule has 2 nitrogen and oxygen atoms in total. The van der Waals surface area contributed by atoms with Crippen LogP contribution in [-0.4, -0.2) is 12.9 Å². The van der Waals surface area contributed by atoms with Gasteiger partial charge in [0.1, 0.15) is 5.76 Å². The van der Waals surface area contributed by atoms with E-state index in [4.69, 9.17) is 4.74 Å². The van der Waals surface area contributed by atoms with Crippen molar-refractivity contribution in [2.24, 2.45) is 4.99 Å². The molecule has 2 heteroatoms. The first kappa shape index (κ1) is 10.2. The SMILES string of the molecule is CC/C(C)=C(\C)O/C(C)=N\C. The molecule has 0 radical (unpaired) electrons. The van der Waals surface area contributed by atoms with Gasteiger partial charge < -0.3 is 4.74 Å². The Morgan fingerprint density at radius 3 is 2.18 bits per heavy atom. The van der Waals surface area contributed by atoms with Gasteiger partial charge in [-0.1, -0.05) is 6.92 Å². The maximum atomic E-state index is 5.38. The summed E-state index contributed by atoms with van der Waals surface area (Å²) in [6.07, 6.45) is 1.03. The number of hydrogen-bond acceptors (Lipinski definition) is 2. The molecule has 0 aromatic rings. The molecule has 0 heterocycles. The summed E-state index contributed by atoms with van der Waals surface area (Å²) in [4.78, 5) is 3.91. The van der Waals surface area contributed by atoms with Crippen LogP contribution in [0.1, 0.15) is 34.1 Å². The summed E-state index contributed by atoms with van der Waals surface area (Å²) in [6, 6.07) is 0. The van der Waals surface area contributed by atoms with Crippen molar-refractivity contribution in [2.75, 3.05) is 7.05 Å². The van der Waals surface area contributed by atoms with Gasteiger partial charge in [-0.15, -0.1) is 0 Å². The highest BCUT2D eigenvalue weighted by Crippen LogP contribution is 2.08. The summed E-state index contributed by atoms with van der Waals surface area (Å²) in [5.41, 5.74) is 1.27. The van der Waals surface area contributed by atoms with Crippen LogP contribution in [0.15, 0.2) is 16.3 Å². The molecule has 0 aliphatic rings. The van der Waals surface area contributed by atoms with E-state index in [1.165, 1.54) is 5.57 Å². The molecule has 0 rings (SSSR count). The Morgan fingerprint density at radius 1 is 1.27 bits per heavy atom. The van der Waals surface area contributed by atoms with E-state index in [2.05, 4.69) is 18.8 Å². The summed E-state index contributed by atoms with van der Waals surface area (Å²) in [5, 5.41) is 0. The number of hydrogen-bond donors (Lipinski definition) is 0. The Kier molecular flexibility index (Phi) is 4.59. The zero-order valence-corrected chi connectivity index (χ0v) is 8.06. The zero-order chi connectivity index (χ0) is 8.85. The van der Waals surface area contributed by atoms with Gasteiger partial charge in [0.05, 0.1) is 0 Å². The van der Waals surface area contributed by atoms with Crippen LogP contribution in [0.25, 0.3) is 0 Å². The molecule has 0 spiro atoms. The van der Waals surface area contributed by atoms with Crippen LogP contribution >= 0.6 is 0 Å². The number of allylic oxidation sites excluding steroid dienone is 2. The van der Waals surface area contributed by atoms with Crippen molar-refractivity contribution in [1.29, 1.82) is 0 Å². The molecule has 11 heavy (non-hydrogen) atoms. The third kappa shape index (κ3) is 3.81. The van der Waals surface area contributed by atoms with E-state index in [0.717, 1.165) is 18.1 Å². The highest BCUT2D eigenvalue weighted by molar-refractivity contribution is 5.74. The number of nitrogens with zero attached hydrogens (tertiary/aromatic N) is 1. The van der Waals surface area contributed by atoms with E-state index < -0.39 is 0 Å². The Morgan fingerprint density at radius 2 is 1.82 bits per heavy atom. The fraction of sp³-hybridized carbons (Fsp3) is 0.667. The third-order valence-corrected chi connectivity index (χ3v) is 1.75. The van der Waals surface area contributed by atoms with Crippen molar-refractivity contribution < 1.29 is 4.74 Å². The number of aliphatic imine (C=N–C) groups is 1. The van der Waals surface area contributed by atoms with Crippen LogP contribution in [0.2, 0.25) is 0 Å². The third-order valence-electron chi connectivity index (χ3n) is 1.75. The smallest absolute Gasteiger partial charge is 0.186 e. The summed E-state index contributed by atoms with van der Waals surface area (Å²) >= 11 is 0. The number of rotatable bonds is 2. The molecule has 0 saturated carbocycles. The Balaban J connectivity index is 4.16. The van der Waals surface area contributed by atoms with Crippen LogP contribution in [0, 0.1) is 0 Å². The van der Waals surface area contributed by atoms with Crippen LogP contribution in [0.3, 0.4) is 0 Å². The average Bonchev–Trinajstić information content (AvgIpc) is 2.02. The van der Waals surface area contributed by atoms with Crippen molar-refractivity contribution in [2.45, 2.75) is 34.1 Å². The lowest BCUT2D eigenvalue weighted by Crippen LogP contribution is -1.98. The van der Waals surface area contributed by atoms with Crippen LogP contribution in [-0.2, 0) is 4.74 Å². The maximum Gasteiger partial charge on any atom is 0.186 e. The van der Waals surface area contributed by atoms with Gasteiger partial charge in [-0.2, -0.15) is 0 Å². The zero-order valence-electron chi connectivity index (χ0n) is 8.06. The molecule has 64 valence electrons. The Labute approximate surface area is 69.0 Å².